The van der Waals surface area contributed by atoms with E-state index in [9.17, 15) is 13.2 Å². The number of ether oxygens (including phenoxy) is 1. The fraction of sp³-hybridized carbons (Fsp3) is 0.571. The molecule has 0 N–H and O–H groups in total. The maximum Gasteiger partial charge on any atom is 0.423 e. The molecule has 0 aliphatic carbocycles. The first kappa shape index (κ1) is 9.88. The predicted octanol–water partition coefficient (Wildman–Crippen LogP) is 1.84. The first-order valence-corrected chi connectivity index (χ1v) is 3.68. The Bertz CT molecular complexity index is 292. The topological polar surface area (TPSA) is 27.1 Å². The number of hydrogen-bond acceptors (Lipinski definition) is 2. The van der Waals surface area contributed by atoms with Gasteiger partial charge in [-0.05, 0) is 6.92 Å². The number of aromatic nitrogens is 2. The first-order valence-electron chi connectivity index (χ1n) is 3.68. The fourth-order valence-electron chi connectivity index (χ4n) is 0.929. The number of alkyl halides is 3. The van der Waals surface area contributed by atoms with Crippen LogP contribution in [0.3, 0.4) is 0 Å². The van der Waals surface area contributed by atoms with Gasteiger partial charge in [-0.15, -0.1) is 0 Å². The van der Waals surface area contributed by atoms with E-state index in [-0.39, 0.29) is 12.5 Å². The molecule has 1 aromatic heterocycles. The SMILES string of the molecule is CCOc1c(C(F)(F)F)cnn1C. The summed E-state index contributed by atoms with van der Waals surface area (Å²) in [4.78, 5) is 0. The third-order valence-electron chi connectivity index (χ3n) is 1.47. The van der Waals surface area contributed by atoms with Gasteiger partial charge in [0.1, 0.15) is 5.56 Å². The lowest BCUT2D eigenvalue weighted by molar-refractivity contribution is -0.139. The van der Waals surface area contributed by atoms with Crippen LogP contribution in [-0.2, 0) is 13.2 Å². The third-order valence-corrected chi connectivity index (χ3v) is 1.47. The summed E-state index contributed by atoms with van der Waals surface area (Å²) in [6.07, 6.45) is -3.65. The van der Waals surface area contributed by atoms with E-state index in [4.69, 9.17) is 4.74 Å². The maximum atomic E-state index is 12.3. The molecule has 0 aliphatic heterocycles. The minimum Gasteiger partial charge on any atom is -0.478 e. The molecule has 1 heterocycles. The van der Waals surface area contributed by atoms with E-state index in [1.165, 1.54) is 7.05 Å². The number of nitrogens with zero attached hydrogens (tertiary/aromatic N) is 2. The van der Waals surface area contributed by atoms with Crippen molar-refractivity contribution >= 4 is 0 Å². The van der Waals surface area contributed by atoms with Crippen LogP contribution in [0.25, 0.3) is 0 Å². The van der Waals surface area contributed by atoms with Crippen molar-refractivity contribution in [3.63, 3.8) is 0 Å². The molecule has 3 nitrogen and oxygen atoms in total. The Kier molecular flexibility index (Phi) is 2.49. The monoisotopic (exact) mass is 194 g/mol. The molecule has 6 heteroatoms. The average molecular weight is 194 g/mol. The van der Waals surface area contributed by atoms with Crippen molar-refractivity contribution < 1.29 is 17.9 Å². The lowest BCUT2D eigenvalue weighted by Gasteiger charge is -2.08. The van der Waals surface area contributed by atoms with Crippen LogP contribution in [0.15, 0.2) is 6.20 Å². The van der Waals surface area contributed by atoms with Crippen LogP contribution in [0.4, 0.5) is 13.2 Å². The van der Waals surface area contributed by atoms with Crippen molar-refractivity contribution in [1.82, 2.24) is 9.78 Å². The standard InChI is InChI=1S/C7H9F3N2O/c1-3-13-6-5(7(8,9)10)4-11-12(6)2/h4H,3H2,1-2H3. The summed E-state index contributed by atoms with van der Waals surface area (Å²) in [7, 11) is 1.40. The van der Waals surface area contributed by atoms with Gasteiger partial charge in [0.15, 0.2) is 0 Å². The molecule has 0 radical (unpaired) electrons. The highest BCUT2D eigenvalue weighted by Gasteiger charge is 2.36. The second-order valence-electron chi connectivity index (χ2n) is 2.42. The Morgan fingerprint density at radius 1 is 1.54 bits per heavy atom. The number of rotatable bonds is 2. The summed E-state index contributed by atoms with van der Waals surface area (Å²) in [5, 5.41) is 3.47. The summed E-state index contributed by atoms with van der Waals surface area (Å²) in [5.41, 5.74) is -0.836. The first-order chi connectivity index (χ1) is 5.96. The van der Waals surface area contributed by atoms with Crippen molar-refractivity contribution in [2.24, 2.45) is 7.05 Å². The fourth-order valence-corrected chi connectivity index (χ4v) is 0.929. The van der Waals surface area contributed by atoms with E-state index in [1.807, 2.05) is 0 Å². The summed E-state index contributed by atoms with van der Waals surface area (Å²) >= 11 is 0. The number of aryl methyl sites for hydroxylation is 1. The minimum absolute atomic E-state index is 0.183. The largest absolute Gasteiger partial charge is 0.478 e. The molecule has 1 rings (SSSR count). The Labute approximate surface area is 73.1 Å². The van der Waals surface area contributed by atoms with Gasteiger partial charge in [0.2, 0.25) is 5.88 Å². The normalized spacial score (nSPS) is 11.8. The van der Waals surface area contributed by atoms with Crippen LogP contribution < -0.4 is 4.74 Å². The molecule has 0 spiro atoms. The molecular formula is C7H9F3N2O. The molecule has 0 unspecified atom stereocenters. The van der Waals surface area contributed by atoms with Crippen LogP contribution in [0, 0.1) is 0 Å². The number of hydrogen-bond donors (Lipinski definition) is 0. The lowest BCUT2D eigenvalue weighted by Crippen LogP contribution is -2.08. The van der Waals surface area contributed by atoms with Crippen LogP contribution in [-0.4, -0.2) is 16.4 Å². The molecule has 1 aromatic rings. The Morgan fingerprint density at radius 2 is 2.15 bits per heavy atom. The van der Waals surface area contributed by atoms with Crippen LogP contribution >= 0.6 is 0 Å². The van der Waals surface area contributed by atoms with Crippen molar-refractivity contribution in [2.75, 3.05) is 6.61 Å². The lowest BCUT2D eigenvalue weighted by atomic mass is 10.3. The van der Waals surface area contributed by atoms with Crippen LogP contribution in [0.1, 0.15) is 12.5 Å². The van der Waals surface area contributed by atoms with Gasteiger partial charge in [-0.25, -0.2) is 4.68 Å². The van der Waals surface area contributed by atoms with Gasteiger partial charge < -0.3 is 4.74 Å². The summed E-state index contributed by atoms with van der Waals surface area (Å²) in [6.45, 7) is 1.80. The second kappa shape index (κ2) is 3.27. The maximum absolute atomic E-state index is 12.3. The van der Waals surface area contributed by atoms with Crippen LogP contribution in [0.5, 0.6) is 5.88 Å². The van der Waals surface area contributed by atoms with Crippen molar-refractivity contribution in [3.8, 4) is 5.88 Å². The molecule has 0 fully saturated rings. The van der Waals surface area contributed by atoms with Gasteiger partial charge in [-0.1, -0.05) is 0 Å². The summed E-state index contributed by atoms with van der Waals surface area (Å²) in [5.74, 6) is -0.241. The van der Waals surface area contributed by atoms with Crippen molar-refractivity contribution in [3.05, 3.63) is 11.8 Å². The quantitative estimate of drug-likeness (QED) is 0.718. The van der Waals surface area contributed by atoms with E-state index in [0.717, 1.165) is 10.9 Å². The molecule has 74 valence electrons. The van der Waals surface area contributed by atoms with E-state index in [2.05, 4.69) is 5.10 Å². The summed E-state index contributed by atoms with van der Waals surface area (Å²) in [6, 6.07) is 0. The highest BCUT2D eigenvalue weighted by atomic mass is 19.4. The molecular weight excluding hydrogens is 185 g/mol. The van der Waals surface area contributed by atoms with Crippen LogP contribution in [0.2, 0.25) is 0 Å². The highest BCUT2D eigenvalue weighted by Crippen LogP contribution is 2.35. The Hall–Kier alpha value is -1.20. The second-order valence-corrected chi connectivity index (χ2v) is 2.42. The summed E-state index contributed by atoms with van der Waals surface area (Å²) < 4.78 is 42.6. The molecule has 0 aromatic carbocycles. The Morgan fingerprint density at radius 3 is 2.62 bits per heavy atom. The molecule has 0 amide bonds. The zero-order valence-electron chi connectivity index (χ0n) is 7.22. The molecule has 13 heavy (non-hydrogen) atoms. The van der Waals surface area contributed by atoms with Crippen molar-refractivity contribution in [2.45, 2.75) is 13.1 Å². The van der Waals surface area contributed by atoms with Gasteiger partial charge in [0, 0.05) is 7.05 Å². The van der Waals surface area contributed by atoms with Gasteiger partial charge in [-0.2, -0.15) is 18.3 Å². The van der Waals surface area contributed by atoms with Gasteiger partial charge in [-0.3, -0.25) is 0 Å². The van der Waals surface area contributed by atoms with E-state index in [0.29, 0.717) is 0 Å². The third kappa shape index (κ3) is 1.93. The van der Waals surface area contributed by atoms with Gasteiger partial charge in [0.05, 0.1) is 12.8 Å². The zero-order chi connectivity index (χ0) is 10.1. The smallest absolute Gasteiger partial charge is 0.423 e. The average Bonchev–Trinajstić information content (AvgIpc) is 2.32. The predicted molar refractivity (Wildman–Crippen MR) is 39.4 cm³/mol. The van der Waals surface area contributed by atoms with Gasteiger partial charge >= 0.3 is 6.18 Å². The number of halogens is 3. The molecule has 0 atom stereocenters. The van der Waals surface area contributed by atoms with E-state index < -0.39 is 11.7 Å². The molecule has 0 bridgehead atoms. The zero-order valence-corrected chi connectivity index (χ0v) is 7.22. The van der Waals surface area contributed by atoms with Gasteiger partial charge in [0.25, 0.3) is 0 Å². The molecule has 0 saturated heterocycles. The highest BCUT2D eigenvalue weighted by molar-refractivity contribution is 5.26. The molecule has 0 aliphatic rings. The van der Waals surface area contributed by atoms with E-state index in [1.54, 1.807) is 6.92 Å². The van der Waals surface area contributed by atoms with Crippen molar-refractivity contribution in [1.29, 1.82) is 0 Å². The van der Waals surface area contributed by atoms with E-state index >= 15 is 0 Å². The minimum atomic E-state index is -4.40. The molecule has 0 saturated carbocycles. The Balaban J connectivity index is 3.07.